The van der Waals surface area contributed by atoms with Gasteiger partial charge in [-0.15, -0.1) is 11.8 Å². The topological polar surface area (TPSA) is 77.2 Å². The lowest BCUT2D eigenvalue weighted by Gasteiger charge is -2.06. The summed E-state index contributed by atoms with van der Waals surface area (Å²) in [5.74, 6) is 1.07. The van der Waals surface area contributed by atoms with E-state index in [1.807, 2.05) is 0 Å². The Hall–Kier alpha value is -3.01. The predicted molar refractivity (Wildman–Crippen MR) is 103 cm³/mol. The van der Waals surface area contributed by atoms with Gasteiger partial charge < -0.3 is 14.6 Å². The zero-order valence-corrected chi connectivity index (χ0v) is 16.0. The number of rotatable bonds is 7. The number of nitrogens with zero attached hydrogens (tertiary/aromatic N) is 2. The number of ether oxygens (including phenoxy) is 1. The number of aromatic nitrogens is 2. The molecule has 0 fully saturated rings. The van der Waals surface area contributed by atoms with Crippen molar-refractivity contribution >= 4 is 23.4 Å². The average Bonchev–Trinajstić information content (AvgIpc) is 3.16. The van der Waals surface area contributed by atoms with E-state index >= 15 is 0 Å². The van der Waals surface area contributed by atoms with E-state index in [2.05, 4.69) is 15.5 Å². The van der Waals surface area contributed by atoms with Gasteiger partial charge in [-0.2, -0.15) is 18.2 Å². The van der Waals surface area contributed by atoms with Crippen molar-refractivity contribution < 1.29 is 27.2 Å². The van der Waals surface area contributed by atoms with Crippen molar-refractivity contribution in [1.82, 2.24) is 10.1 Å². The maximum absolute atomic E-state index is 12.8. The van der Waals surface area contributed by atoms with Crippen LogP contribution in [0, 0.1) is 0 Å². The Kier molecular flexibility index (Phi) is 6.42. The molecule has 6 nitrogen and oxygen atoms in total. The quantitative estimate of drug-likeness (QED) is 0.597. The molecule has 0 aliphatic rings. The molecule has 0 atom stereocenters. The van der Waals surface area contributed by atoms with E-state index in [-0.39, 0.29) is 34.7 Å². The number of thioether (sulfide) groups is 1. The Balaban J connectivity index is 1.54. The van der Waals surface area contributed by atoms with Crippen LogP contribution in [0.15, 0.2) is 53.1 Å². The minimum absolute atomic E-state index is 0.0625. The number of carbonyl (C=O) groups is 1. The average molecular weight is 423 g/mol. The number of alkyl halides is 3. The molecule has 1 aromatic heterocycles. The number of halogens is 3. The maximum Gasteiger partial charge on any atom is 0.416 e. The van der Waals surface area contributed by atoms with Crippen molar-refractivity contribution in [2.75, 3.05) is 18.2 Å². The molecule has 0 spiro atoms. The third-order valence-corrected chi connectivity index (χ3v) is 4.65. The van der Waals surface area contributed by atoms with E-state index in [0.717, 1.165) is 12.1 Å². The molecule has 0 aliphatic carbocycles. The third kappa shape index (κ3) is 5.74. The number of hydrogen-bond acceptors (Lipinski definition) is 6. The number of amides is 1. The monoisotopic (exact) mass is 423 g/mol. The Morgan fingerprint density at radius 2 is 2.00 bits per heavy atom. The molecule has 3 rings (SSSR count). The second kappa shape index (κ2) is 8.99. The summed E-state index contributed by atoms with van der Waals surface area (Å²) in [5, 5.41) is 6.45. The maximum atomic E-state index is 12.8. The van der Waals surface area contributed by atoms with Gasteiger partial charge in [-0.3, -0.25) is 4.79 Å². The molecule has 0 bridgehead atoms. The molecular weight excluding hydrogens is 407 g/mol. The van der Waals surface area contributed by atoms with E-state index < -0.39 is 11.7 Å². The minimum Gasteiger partial charge on any atom is -0.497 e. The van der Waals surface area contributed by atoms with Crippen LogP contribution in [-0.4, -0.2) is 28.9 Å². The minimum atomic E-state index is -4.45. The summed E-state index contributed by atoms with van der Waals surface area (Å²) in [4.78, 5) is 16.1. The van der Waals surface area contributed by atoms with Crippen molar-refractivity contribution in [1.29, 1.82) is 0 Å². The number of methoxy groups -OCH3 is 1. The van der Waals surface area contributed by atoms with Crippen molar-refractivity contribution in [2.45, 2.75) is 11.9 Å². The predicted octanol–water partition coefficient (Wildman–Crippen LogP) is 4.64. The van der Waals surface area contributed by atoms with Gasteiger partial charge in [-0.25, -0.2) is 0 Å². The lowest BCUT2D eigenvalue weighted by atomic mass is 10.1. The second-order valence-electron chi connectivity index (χ2n) is 5.86. The van der Waals surface area contributed by atoms with Gasteiger partial charge in [0.05, 0.1) is 24.2 Å². The molecule has 0 radical (unpaired) electrons. The molecule has 29 heavy (non-hydrogen) atoms. The Morgan fingerprint density at radius 1 is 1.21 bits per heavy atom. The smallest absolute Gasteiger partial charge is 0.416 e. The van der Waals surface area contributed by atoms with E-state index in [9.17, 15) is 18.0 Å². The zero-order valence-electron chi connectivity index (χ0n) is 15.2. The molecule has 2 aromatic carbocycles. The van der Waals surface area contributed by atoms with Crippen LogP contribution < -0.4 is 10.1 Å². The standard InChI is InChI=1S/C19H16F3N3O3S/c1-27-15-7-3-6-14(9-15)23-16(26)10-29-11-17-24-18(25-28-17)12-4-2-5-13(8-12)19(20,21)22/h2-9H,10-11H2,1H3,(H,23,26). The summed E-state index contributed by atoms with van der Waals surface area (Å²) in [6.45, 7) is 0. The summed E-state index contributed by atoms with van der Waals surface area (Å²) in [5.41, 5.74) is 0.0279. The van der Waals surface area contributed by atoms with Crippen molar-refractivity contribution in [3.63, 3.8) is 0 Å². The van der Waals surface area contributed by atoms with Crippen LogP contribution in [-0.2, 0) is 16.7 Å². The van der Waals surface area contributed by atoms with Gasteiger partial charge in [-0.05, 0) is 24.3 Å². The summed E-state index contributed by atoms with van der Waals surface area (Å²) in [6.07, 6.45) is -4.45. The first-order valence-corrected chi connectivity index (χ1v) is 9.52. The van der Waals surface area contributed by atoms with Crippen LogP contribution in [0.4, 0.5) is 18.9 Å². The van der Waals surface area contributed by atoms with Crippen LogP contribution >= 0.6 is 11.8 Å². The molecule has 152 valence electrons. The van der Waals surface area contributed by atoms with E-state index in [0.29, 0.717) is 11.4 Å². The molecule has 0 saturated carbocycles. The van der Waals surface area contributed by atoms with Crippen LogP contribution in [0.25, 0.3) is 11.4 Å². The van der Waals surface area contributed by atoms with Crippen LogP contribution in [0.1, 0.15) is 11.5 Å². The number of anilines is 1. The molecule has 0 aliphatic heterocycles. The Labute approximate surface area is 168 Å². The van der Waals surface area contributed by atoms with Crippen molar-refractivity contribution in [3.05, 3.63) is 60.0 Å². The van der Waals surface area contributed by atoms with Gasteiger partial charge in [0.1, 0.15) is 5.75 Å². The van der Waals surface area contributed by atoms with Crippen LogP contribution in [0.2, 0.25) is 0 Å². The van der Waals surface area contributed by atoms with Gasteiger partial charge >= 0.3 is 6.18 Å². The number of carbonyl (C=O) groups excluding carboxylic acids is 1. The fourth-order valence-electron chi connectivity index (χ4n) is 2.39. The first-order chi connectivity index (χ1) is 13.8. The highest BCUT2D eigenvalue weighted by Crippen LogP contribution is 2.31. The summed E-state index contributed by atoms with van der Waals surface area (Å²) in [7, 11) is 1.54. The molecule has 1 heterocycles. The lowest BCUT2D eigenvalue weighted by Crippen LogP contribution is -2.14. The van der Waals surface area contributed by atoms with E-state index in [4.69, 9.17) is 9.26 Å². The Morgan fingerprint density at radius 3 is 2.76 bits per heavy atom. The number of nitrogens with one attached hydrogen (secondary N) is 1. The van der Waals surface area contributed by atoms with Gasteiger partial charge in [0.2, 0.25) is 17.6 Å². The van der Waals surface area contributed by atoms with E-state index in [1.54, 1.807) is 24.3 Å². The normalized spacial score (nSPS) is 11.3. The molecule has 10 heteroatoms. The second-order valence-corrected chi connectivity index (χ2v) is 6.85. The lowest BCUT2D eigenvalue weighted by molar-refractivity contribution is -0.137. The molecule has 1 N–H and O–H groups in total. The highest BCUT2D eigenvalue weighted by atomic mass is 32.2. The first-order valence-electron chi connectivity index (χ1n) is 8.37. The summed E-state index contributed by atoms with van der Waals surface area (Å²) >= 11 is 1.24. The highest BCUT2D eigenvalue weighted by molar-refractivity contribution is 7.99. The summed E-state index contributed by atoms with van der Waals surface area (Å²) < 4.78 is 48.6. The molecule has 0 unspecified atom stereocenters. The van der Waals surface area contributed by atoms with Gasteiger partial charge in [0.15, 0.2) is 0 Å². The van der Waals surface area contributed by atoms with Gasteiger partial charge in [0.25, 0.3) is 0 Å². The molecule has 0 saturated heterocycles. The van der Waals surface area contributed by atoms with Crippen molar-refractivity contribution in [2.24, 2.45) is 0 Å². The highest BCUT2D eigenvalue weighted by Gasteiger charge is 2.30. The molecule has 1 amide bonds. The number of hydrogen-bond donors (Lipinski definition) is 1. The van der Waals surface area contributed by atoms with Gasteiger partial charge in [-0.1, -0.05) is 23.4 Å². The molecular formula is C19H16F3N3O3S. The van der Waals surface area contributed by atoms with Gasteiger partial charge in [0, 0.05) is 17.3 Å². The fourth-order valence-corrected chi connectivity index (χ4v) is 3.05. The van der Waals surface area contributed by atoms with Crippen molar-refractivity contribution in [3.8, 4) is 17.1 Å². The third-order valence-electron chi connectivity index (χ3n) is 3.73. The van der Waals surface area contributed by atoms with Crippen LogP contribution in [0.3, 0.4) is 0 Å². The Bertz CT molecular complexity index is 992. The zero-order chi connectivity index (χ0) is 20.9. The van der Waals surface area contributed by atoms with Crippen LogP contribution in [0.5, 0.6) is 5.75 Å². The molecule has 3 aromatic rings. The largest absolute Gasteiger partial charge is 0.497 e. The SMILES string of the molecule is COc1cccc(NC(=O)CSCc2nc(-c3cccc(C(F)(F)F)c3)no2)c1. The van der Waals surface area contributed by atoms with E-state index in [1.165, 1.54) is 31.0 Å². The summed E-state index contributed by atoms with van der Waals surface area (Å²) in [6, 6.07) is 11.7. The first kappa shape index (κ1) is 20.7. The fraction of sp³-hybridized carbons (Fsp3) is 0.211. The number of benzene rings is 2.